The van der Waals surface area contributed by atoms with E-state index in [1.807, 2.05) is 68.0 Å². The van der Waals surface area contributed by atoms with Crippen LogP contribution in [0.1, 0.15) is 128 Å². The van der Waals surface area contributed by atoms with Crippen LogP contribution in [0.4, 0.5) is 5.69 Å². The highest BCUT2D eigenvalue weighted by atomic mass is 127. The molecule has 3 aliphatic heterocycles. The summed E-state index contributed by atoms with van der Waals surface area (Å²) in [7, 11) is -3.72. The molecular formula is C60H76IN9O10S2. The summed E-state index contributed by atoms with van der Waals surface area (Å²) >= 11 is 2.19. The lowest BCUT2D eigenvalue weighted by Crippen LogP contribution is -2.41. The molecule has 0 bridgehead atoms. The molecule has 5 fully saturated rings. The molecular weight excluding hydrogens is 1200 g/mol. The van der Waals surface area contributed by atoms with Gasteiger partial charge in [-0.15, -0.1) is 5.23 Å². The van der Waals surface area contributed by atoms with Gasteiger partial charge in [0.25, 0.3) is 20.0 Å². The smallest absolute Gasteiger partial charge is 0.269 e. The molecule has 0 atom stereocenters. The van der Waals surface area contributed by atoms with Gasteiger partial charge in [-0.1, -0.05) is 51.3 Å². The molecule has 2 spiro atoms. The van der Waals surface area contributed by atoms with Gasteiger partial charge in [-0.3, -0.25) is 9.36 Å². The first-order chi connectivity index (χ1) is 38.1. The highest BCUT2D eigenvalue weighted by Crippen LogP contribution is 2.46. The van der Waals surface area contributed by atoms with Crippen molar-refractivity contribution in [2.24, 2.45) is 14.1 Å². The molecule has 0 N–H and O–H groups in total. The minimum absolute atomic E-state index is 0. The topological polar surface area (TPSA) is 198 Å². The molecule has 2 saturated carbocycles. The average Bonchev–Trinajstić information content (AvgIpc) is 3.72. The zero-order valence-electron chi connectivity index (χ0n) is 46.3. The second-order valence-corrected chi connectivity index (χ2v) is 27.0. The number of benzene rings is 2. The molecule has 82 heavy (non-hydrogen) atoms. The van der Waals surface area contributed by atoms with Crippen molar-refractivity contribution in [2.75, 3.05) is 31.7 Å². The van der Waals surface area contributed by atoms with Crippen LogP contribution in [0.25, 0.3) is 33.2 Å². The first-order valence-electron chi connectivity index (χ1n) is 27.1. The van der Waals surface area contributed by atoms with E-state index in [9.17, 15) is 16.8 Å². The van der Waals surface area contributed by atoms with Gasteiger partial charge in [0.2, 0.25) is 0 Å². The normalized spacial score (nSPS) is 20.1. The Morgan fingerprint density at radius 3 is 1.39 bits per heavy atom. The maximum Gasteiger partial charge on any atom is 0.269 e. The number of pyridine rings is 2. The Balaban J connectivity index is 0.000000156. The lowest BCUT2D eigenvalue weighted by Gasteiger charge is -2.35. The monoisotopic (exact) mass is 1270 g/mol. The highest BCUT2D eigenvalue weighted by molar-refractivity contribution is 14.1. The lowest BCUT2D eigenvalue weighted by molar-refractivity contribution is -0.179. The predicted octanol–water partition coefficient (Wildman–Crippen LogP) is 11.9. The van der Waals surface area contributed by atoms with E-state index in [2.05, 4.69) is 49.9 Å². The Kier molecular flexibility index (Phi) is 17.5. The molecule has 19 nitrogen and oxygen atoms in total. The van der Waals surface area contributed by atoms with Gasteiger partial charge in [-0.2, -0.15) is 10.2 Å². The standard InChI is InChI=1S/C26H28N4O4S.C21H21IN2O4S.C11H19N3O2.2CH4/c1-18-23(16-28-29(18)2)24-17-30(35(31,32)21-6-4-3-5-7-21)25-22(24)14-20(15-27-25)19-8-10-26(11-9-19)33-12-13-34-26;22-19-14-24(29(25,26)17-4-2-1-3-5-17)20-18(19)12-16(13-23-20)15-6-8-21(9-7-15)27-10-11-28-21;1-8-9(7-12-13(8)6)14-15-10(2,3)11(4,5)16-14;;/h3-7,14-17,19H,8-13H2,1-2H3;1-5,12-15H,6-11H2;7H,1-6H3;2*1H4. The quantitative estimate of drug-likeness (QED) is 0.130. The minimum Gasteiger partial charge on any atom is -0.348 e. The summed E-state index contributed by atoms with van der Waals surface area (Å²) in [4.78, 5) is 21.4. The molecule has 8 aromatic rings. The second-order valence-electron chi connectivity index (χ2n) is 22.3. The van der Waals surface area contributed by atoms with E-state index in [-0.39, 0.29) is 41.6 Å². The number of aryl methyl sites for hydroxylation is 2. The van der Waals surface area contributed by atoms with Crippen LogP contribution in [-0.2, 0) is 62.8 Å². The van der Waals surface area contributed by atoms with Gasteiger partial charge in [-0.25, -0.2) is 44.4 Å². The third-order valence-corrected chi connectivity index (χ3v) is 21.1. The van der Waals surface area contributed by atoms with E-state index >= 15 is 0 Å². The third kappa shape index (κ3) is 11.4. The van der Waals surface area contributed by atoms with Crippen molar-refractivity contribution >= 4 is 70.4 Å². The maximum atomic E-state index is 13.6. The van der Waals surface area contributed by atoms with Crippen LogP contribution in [0.5, 0.6) is 0 Å². The van der Waals surface area contributed by atoms with Gasteiger partial charge in [0.05, 0.1) is 54.3 Å². The van der Waals surface area contributed by atoms with Gasteiger partial charge in [0.15, 0.2) is 22.9 Å². The van der Waals surface area contributed by atoms with Gasteiger partial charge in [0.1, 0.15) is 16.9 Å². The summed E-state index contributed by atoms with van der Waals surface area (Å²) in [6.45, 7) is 14.7. The van der Waals surface area contributed by atoms with Crippen molar-refractivity contribution in [3.8, 4) is 11.1 Å². The molecule has 440 valence electrons. The number of nitrogens with zero attached hydrogens (tertiary/aromatic N) is 9. The zero-order chi connectivity index (χ0) is 56.4. The number of rotatable bonds is 8. The van der Waals surface area contributed by atoms with Crippen LogP contribution in [-0.4, -0.2) is 104 Å². The SMILES string of the molecule is C.C.Cc1c(-c2cn(S(=O)(=O)c3ccccc3)c3ncc(C4CCC5(CC4)OCCO5)cc23)cnn1C.Cc1c(N2OC(C)(C)C(C)(C)O2)cnn1C.O=S(=O)(c1ccccc1)n1cc(I)c2cc(C3CCC4(CC3)OCCO4)cnc21. The van der Waals surface area contributed by atoms with E-state index < -0.39 is 25.8 Å². The van der Waals surface area contributed by atoms with Crippen molar-refractivity contribution in [1.82, 2.24) is 37.5 Å². The van der Waals surface area contributed by atoms with Crippen LogP contribution >= 0.6 is 22.6 Å². The Bertz CT molecular complexity index is 3760. The molecule has 2 aliphatic carbocycles. The van der Waals surface area contributed by atoms with Crippen LogP contribution in [0.3, 0.4) is 0 Å². The maximum absolute atomic E-state index is 13.6. The van der Waals surface area contributed by atoms with Gasteiger partial charge >= 0.3 is 0 Å². The summed E-state index contributed by atoms with van der Waals surface area (Å²) in [5.74, 6) is -0.0910. The first kappa shape index (κ1) is 61.0. The largest absolute Gasteiger partial charge is 0.348 e. The van der Waals surface area contributed by atoms with Crippen molar-refractivity contribution < 1.29 is 45.5 Å². The van der Waals surface area contributed by atoms with E-state index in [4.69, 9.17) is 33.6 Å². The molecule has 5 aliphatic rings. The van der Waals surface area contributed by atoms with E-state index in [0.717, 1.165) is 105 Å². The average molecular weight is 1270 g/mol. The fraction of sp³-hybridized carbons (Fsp3) is 0.467. The second kappa shape index (κ2) is 23.5. The summed E-state index contributed by atoms with van der Waals surface area (Å²) in [5, 5.41) is 11.7. The number of anilines is 1. The van der Waals surface area contributed by atoms with E-state index in [0.29, 0.717) is 49.6 Å². The Labute approximate surface area is 495 Å². The molecule has 3 saturated heterocycles. The zero-order valence-corrected chi connectivity index (χ0v) is 50.1. The van der Waals surface area contributed by atoms with Crippen LogP contribution in [0, 0.1) is 17.4 Å². The van der Waals surface area contributed by atoms with Crippen LogP contribution in [0.15, 0.2) is 120 Å². The number of hydrogen-bond acceptors (Lipinski definition) is 15. The molecule has 13 rings (SSSR count). The molecule has 2 aromatic carbocycles. The van der Waals surface area contributed by atoms with Gasteiger partial charge in [0, 0.05) is 95.7 Å². The third-order valence-electron chi connectivity index (χ3n) is 16.9. The fourth-order valence-electron chi connectivity index (χ4n) is 11.1. The highest BCUT2D eigenvalue weighted by Gasteiger charge is 2.51. The van der Waals surface area contributed by atoms with Crippen LogP contribution < -0.4 is 5.23 Å². The van der Waals surface area contributed by atoms with Gasteiger partial charge < -0.3 is 18.9 Å². The summed E-state index contributed by atoms with van der Waals surface area (Å²) < 4.78 is 83.8. The van der Waals surface area contributed by atoms with Crippen molar-refractivity contribution in [2.45, 2.75) is 152 Å². The molecule has 0 radical (unpaired) electrons. The summed E-state index contributed by atoms with van der Waals surface area (Å²) in [6, 6.07) is 21.1. The van der Waals surface area contributed by atoms with Crippen LogP contribution in [0.2, 0.25) is 0 Å². The fourth-order valence-corrected chi connectivity index (χ4v) is 14.7. The number of hydrogen-bond donors (Lipinski definition) is 0. The van der Waals surface area contributed by atoms with Crippen molar-refractivity contribution in [1.29, 1.82) is 0 Å². The molecule has 0 amide bonds. The predicted molar refractivity (Wildman–Crippen MR) is 323 cm³/mol. The Morgan fingerprint density at radius 1 is 0.549 bits per heavy atom. The lowest BCUT2D eigenvalue weighted by atomic mass is 9.81. The first-order valence-corrected chi connectivity index (χ1v) is 31.1. The number of aromatic nitrogens is 8. The molecule has 0 unspecified atom stereocenters. The minimum atomic E-state index is -3.82. The number of ether oxygens (including phenoxy) is 4. The van der Waals surface area contributed by atoms with Crippen molar-refractivity contribution in [3.63, 3.8) is 0 Å². The van der Waals surface area contributed by atoms with E-state index in [1.165, 1.54) is 13.2 Å². The molecule has 6 aromatic heterocycles. The summed E-state index contributed by atoms with van der Waals surface area (Å²) in [5.41, 5.74) is 6.95. The van der Waals surface area contributed by atoms with E-state index in [1.54, 1.807) is 94.8 Å². The molecule has 22 heteroatoms. The number of halogens is 1. The van der Waals surface area contributed by atoms with Gasteiger partial charge in [-0.05, 0) is 149 Å². The summed E-state index contributed by atoms with van der Waals surface area (Å²) in [6.07, 6.45) is 17.8. The number of fused-ring (bicyclic) bond motifs is 2. The van der Waals surface area contributed by atoms with Crippen molar-refractivity contribution in [3.05, 3.63) is 136 Å². The Morgan fingerprint density at radius 2 is 0.963 bits per heavy atom. The molecule has 9 heterocycles. The Hall–Kier alpha value is -5.57.